The van der Waals surface area contributed by atoms with Crippen LogP contribution in [0.3, 0.4) is 0 Å². The number of aliphatic hydroxyl groups is 2. The Morgan fingerprint density at radius 3 is 0.815 bits per heavy atom. The minimum atomic E-state index is -1.18. The van der Waals surface area contributed by atoms with Crippen LogP contribution in [0.1, 0.15) is 98.3 Å². The van der Waals surface area contributed by atoms with Crippen molar-refractivity contribution in [3.63, 3.8) is 0 Å². The molecule has 0 aliphatic carbocycles. The van der Waals surface area contributed by atoms with Crippen LogP contribution in [0.4, 0.5) is 0 Å². The van der Waals surface area contributed by atoms with E-state index in [2.05, 4.69) is 0 Å². The third-order valence-electron chi connectivity index (χ3n) is 7.23. The van der Waals surface area contributed by atoms with Gasteiger partial charge in [0.15, 0.2) is 0 Å². The van der Waals surface area contributed by atoms with Gasteiger partial charge in [-0.15, -0.1) is 0 Å². The van der Waals surface area contributed by atoms with Gasteiger partial charge in [-0.25, -0.2) is 0 Å². The van der Waals surface area contributed by atoms with Crippen LogP contribution in [-0.2, 0) is 43.2 Å². The van der Waals surface area contributed by atoms with Gasteiger partial charge in [-0.1, -0.05) is 26.7 Å². The van der Waals surface area contributed by atoms with Crippen LogP contribution in [0.15, 0.2) is 0 Å². The molecule has 0 aromatic heterocycles. The van der Waals surface area contributed by atoms with Crippen LogP contribution in [0.2, 0.25) is 0 Å². The first kappa shape index (κ1) is 74.2. The molecule has 1 amide bonds. The highest BCUT2D eigenvalue weighted by Crippen LogP contribution is 2.02. The van der Waals surface area contributed by atoms with Gasteiger partial charge in [0.25, 0.3) is 0 Å². The molecule has 65 heavy (non-hydrogen) atoms. The van der Waals surface area contributed by atoms with Crippen LogP contribution in [0.25, 0.3) is 0 Å². The molecule has 0 bridgehead atoms. The molecule has 0 saturated carbocycles. The van der Waals surface area contributed by atoms with E-state index in [9.17, 15) is 43.2 Å². The molecule has 0 saturated heterocycles. The smallest absolute Gasteiger partial charge is 0.323 e. The van der Waals surface area contributed by atoms with Crippen molar-refractivity contribution in [1.29, 1.82) is 0 Å². The number of primary amides is 1. The lowest BCUT2D eigenvalue weighted by Crippen LogP contribution is -2.39. The average Bonchev–Trinajstić information content (AvgIpc) is 3.19. The van der Waals surface area contributed by atoms with E-state index in [4.69, 9.17) is 108 Å². The van der Waals surface area contributed by atoms with Gasteiger partial charge in [-0.2, -0.15) is 0 Å². The Morgan fingerprint density at radius 2 is 0.662 bits per heavy atom. The Kier molecular flexibility index (Phi) is 53.4. The number of carbonyl (C=O) groups is 9. The summed E-state index contributed by atoms with van der Waals surface area (Å²) < 4.78 is 0. The van der Waals surface area contributed by atoms with E-state index in [1.165, 1.54) is 13.8 Å². The first-order chi connectivity index (χ1) is 29.6. The fraction of sp³-hybridized carbons (Fsp3) is 0.750. The number of rotatable bonds is 25. The maximum absolute atomic E-state index is 10.1. The van der Waals surface area contributed by atoms with Crippen molar-refractivity contribution in [1.82, 2.24) is 0 Å². The summed E-state index contributed by atoms with van der Waals surface area (Å²) in [5.74, 6) is -8.62. The second-order valence-electron chi connectivity index (χ2n) is 14.1. The number of carboxylic acid groups (broad SMARTS) is 8. The molecule has 0 aromatic carbocycles. The fourth-order valence-electron chi connectivity index (χ4n) is 3.11. The lowest BCUT2D eigenvalue weighted by molar-refractivity contribution is -0.141. The highest BCUT2D eigenvalue weighted by atomic mass is 16.4. The van der Waals surface area contributed by atoms with Gasteiger partial charge in [-0.3, -0.25) is 43.2 Å². The average molecular weight is 955 g/mol. The highest BCUT2D eigenvalue weighted by Gasteiger charge is 2.17. The molecule has 386 valence electrons. The van der Waals surface area contributed by atoms with Crippen molar-refractivity contribution >= 4 is 53.7 Å². The summed E-state index contributed by atoms with van der Waals surface area (Å²) >= 11 is 0. The number of aliphatic carboxylic acids is 8. The third kappa shape index (κ3) is 63.2. The summed E-state index contributed by atoms with van der Waals surface area (Å²) in [4.78, 5) is 90.1. The van der Waals surface area contributed by atoms with Crippen LogP contribution in [-0.4, -0.2) is 172 Å². The summed E-state index contributed by atoms with van der Waals surface area (Å²) in [6, 6.07) is -6.48. The topological polar surface area (TPSA) is 616 Å². The van der Waals surface area contributed by atoms with Crippen molar-refractivity contribution in [3.8, 4) is 0 Å². The van der Waals surface area contributed by atoms with Gasteiger partial charge in [0.2, 0.25) is 5.91 Å². The number of hydrogen-bond donors (Lipinski definition) is 20. The number of carboxylic acids is 8. The molecule has 0 aromatic rings. The predicted octanol–water partition coefficient (Wildman–Crippen LogP) is -5.02. The number of carbonyl (C=O) groups excluding carboxylic acids is 1. The Labute approximate surface area is 376 Å². The van der Waals surface area contributed by atoms with Crippen molar-refractivity contribution < 1.29 is 94.2 Å². The number of amides is 1. The highest BCUT2D eigenvalue weighted by molar-refractivity contribution is 5.77. The predicted molar refractivity (Wildman–Crippen MR) is 233 cm³/mol. The third-order valence-corrected chi connectivity index (χ3v) is 7.23. The molecule has 0 heterocycles. The molecule has 9 unspecified atom stereocenters. The molecule has 0 spiro atoms. The molecule has 0 radical (unpaired) electrons. The molecule has 9 atom stereocenters. The van der Waals surface area contributed by atoms with Crippen LogP contribution >= 0.6 is 0 Å². The van der Waals surface area contributed by atoms with E-state index in [-0.39, 0.29) is 25.7 Å². The molecule has 29 heteroatoms. The summed E-state index contributed by atoms with van der Waals surface area (Å²) in [6.07, 6.45) is 2.82. The van der Waals surface area contributed by atoms with Gasteiger partial charge in [0, 0.05) is 12.8 Å². The monoisotopic (exact) mass is 955 g/mol. The van der Waals surface area contributed by atoms with Gasteiger partial charge in [-0.05, 0) is 77.8 Å². The van der Waals surface area contributed by atoms with E-state index in [0.29, 0.717) is 38.3 Å². The molecule has 0 fully saturated rings. The molecule has 0 rings (SSSR count). The van der Waals surface area contributed by atoms with Gasteiger partial charge in [0.05, 0.1) is 12.2 Å². The lowest BCUT2D eigenvalue weighted by atomic mass is 10.1. The van der Waals surface area contributed by atoms with Crippen molar-refractivity contribution in [2.45, 2.75) is 153 Å². The minimum absolute atomic E-state index is 0.0213. The van der Waals surface area contributed by atoms with E-state index in [1.54, 1.807) is 0 Å². The first-order valence-electron chi connectivity index (χ1n) is 19.7. The SMILES string of the molecule is CC(C)CC(N)C(=O)O.CC(O)C(N)C(=O)O.CC(O)C(N)C(=O)O.NC(=O)CCC(N)C(=O)O.NC(CCC(=O)O)C(=O)O.NCCCCC(N)C(=O)O.NCCCCC(N)C(=O)O. The van der Waals surface area contributed by atoms with E-state index in [0.717, 1.165) is 25.7 Å². The Balaban J connectivity index is -0.000000121. The van der Waals surface area contributed by atoms with Crippen molar-refractivity contribution in [3.05, 3.63) is 0 Å². The zero-order valence-electron chi connectivity index (χ0n) is 37.4. The molecule has 30 N–H and O–H groups in total. The number of aliphatic hydroxyl groups excluding tert-OH is 2. The van der Waals surface area contributed by atoms with Gasteiger partial charge >= 0.3 is 47.8 Å². The standard InChI is InChI=1S/2C6H14N2O2.C6H13NO2.C5H10N2O3.C5H9NO4.2C4H9NO3/c2*7-4-2-1-3-5(8)6(9)10;1-4(2)3-5(7)6(8)9;2*6-3(5(9)10)1-2-4(7)8;2*1-2(6)3(5)4(7)8/h2*5H,1-4,7-8H2,(H,9,10);4-5H,3,7H2,1-2H3,(H,8,9);3H,1-2,6H2,(H2,7,8)(H,9,10);3H,1-2,6H2,(H,7,8)(H,9,10);2*2-3,6H,5H2,1H3,(H,7,8). The summed E-state index contributed by atoms with van der Waals surface area (Å²) in [7, 11) is 0. The number of unbranched alkanes of at least 4 members (excludes halogenated alkanes) is 2. The summed E-state index contributed by atoms with van der Waals surface area (Å²) in [5, 5.41) is 82.6. The Hall–Kier alpha value is -5.21. The molecular formula is C36H78N10O19. The summed E-state index contributed by atoms with van der Waals surface area (Å²) in [5.41, 5.74) is 50.7. The van der Waals surface area contributed by atoms with Gasteiger partial charge in [0.1, 0.15) is 42.3 Å². The molecular weight excluding hydrogens is 876 g/mol. The molecule has 29 nitrogen and oxygen atoms in total. The molecule has 0 aliphatic rings. The Morgan fingerprint density at radius 1 is 0.400 bits per heavy atom. The van der Waals surface area contributed by atoms with E-state index < -0.39 is 108 Å². The normalized spacial score (nSPS) is 14.0. The van der Waals surface area contributed by atoms with Crippen LogP contribution < -0.4 is 57.3 Å². The quantitative estimate of drug-likeness (QED) is 0.0381. The summed E-state index contributed by atoms with van der Waals surface area (Å²) in [6.45, 7) is 7.77. The van der Waals surface area contributed by atoms with Crippen molar-refractivity contribution in [2.75, 3.05) is 13.1 Å². The van der Waals surface area contributed by atoms with Crippen LogP contribution in [0.5, 0.6) is 0 Å². The Bertz CT molecular complexity index is 1250. The largest absolute Gasteiger partial charge is 0.481 e. The van der Waals surface area contributed by atoms with E-state index in [1.807, 2.05) is 13.8 Å². The zero-order chi connectivity index (χ0) is 53.2. The second kappa shape index (κ2) is 46.8. The zero-order valence-corrected chi connectivity index (χ0v) is 37.4. The number of nitrogens with two attached hydrogens (primary N) is 10. The lowest BCUT2D eigenvalue weighted by Gasteiger charge is -2.07. The van der Waals surface area contributed by atoms with E-state index >= 15 is 0 Å². The van der Waals surface area contributed by atoms with Gasteiger partial charge < -0.3 is 108 Å². The maximum atomic E-state index is 10.1. The fourth-order valence-corrected chi connectivity index (χ4v) is 3.11. The maximum Gasteiger partial charge on any atom is 0.323 e. The number of hydrogen-bond acceptors (Lipinski definition) is 20. The minimum Gasteiger partial charge on any atom is -0.481 e. The van der Waals surface area contributed by atoms with Crippen molar-refractivity contribution in [2.24, 2.45) is 63.3 Å². The second-order valence-corrected chi connectivity index (χ2v) is 14.1. The van der Waals surface area contributed by atoms with Crippen LogP contribution in [0, 0.1) is 5.92 Å². The first-order valence-corrected chi connectivity index (χ1v) is 19.7. The molecule has 0 aliphatic heterocycles.